The van der Waals surface area contributed by atoms with Crippen LogP contribution in [0.3, 0.4) is 0 Å². The van der Waals surface area contributed by atoms with E-state index in [2.05, 4.69) is 87.4 Å². The number of quaternary nitrogens is 2. The highest BCUT2D eigenvalue weighted by Crippen LogP contribution is 2.22. The highest BCUT2D eigenvalue weighted by molar-refractivity contribution is 5.77. The average Bonchev–Trinajstić information content (AvgIpc) is 3.02. The van der Waals surface area contributed by atoms with E-state index in [1.165, 1.54) is 22.3 Å². The van der Waals surface area contributed by atoms with Gasteiger partial charge in [0, 0.05) is 50.3 Å². The van der Waals surface area contributed by atoms with Gasteiger partial charge in [0.25, 0.3) is 0 Å². The van der Waals surface area contributed by atoms with Crippen molar-refractivity contribution in [3.63, 3.8) is 0 Å². The molecule has 0 aliphatic carbocycles. The zero-order valence-corrected chi connectivity index (χ0v) is 29.3. The smallest absolute Gasteiger partial charge is 0.246 e. The molecule has 0 aliphatic rings. The number of benzene rings is 2. The fraction of sp³-hybridized carbons (Fsp3) is 0.611. The maximum Gasteiger partial charge on any atom is 0.246 e. The van der Waals surface area contributed by atoms with Crippen LogP contribution in [0.2, 0.25) is 0 Å². The van der Waals surface area contributed by atoms with Crippen LogP contribution in [0.1, 0.15) is 37.8 Å². The van der Waals surface area contributed by atoms with Crippen LogP contribution in [-0.2, 0) is 41.6 Å². The van der Waals surface area contributed by atoms with Crippen LogP contribution in [0.5, 0.6) is 0 Å². The predicted octanol–water partition coefficient (Wildman–Crippen LogP) is 3.63. The van der Waals surface area contributed by atoms with Crippen molar-refractivity contribution in [3.05, 3.63) is 59.7 Å². The lowest BCUT2D eigenvalue weighted by molar-refractivity contribution is -0.903. The first-order valence-corrected chi connectivity index (χ1v) is 16.7. The van der Waals surface area contributed by atoms with Gasteiger partial charge in [0.1, 0.15) is 26.3 Å². The molecule has 2 rings (SSSR count). The van der Waals surface area contributed by atoms with E-state index in [1.807, 2.05) is 13.8 Å². The van der Waals surface area contributed by atoms with Crippen LogP contribution in [0.15, 0.2) is 48.5 Å². The number of rotatable bonds is 25. The molecule has 0 aliphatic heterocycles. The number of hydrogen-bond donors (Lipinski definition) is 2. The first-order valence-electron chi connectivity index (χ1n) is 16.7. The van der Waals surface area contributed by atoms with Crippen molar-refractivity contribution >= 4 is 11.8 Å². The van der Waals surface area contributed by atoms with Crippen molar-refractivity contribution in [2.75, 3.05) is 107 Å². The Morgan fingerprint density at radius 2 is 0.913 bits per heavy atom. The van der Waals surface area contributed by atoms with Crippen molar-refractivity contribution in [1.29, 1.82) is 0 Å². The Bertz CT molecular complexity index is 1030. The minimum absolute atomic E-state index is 0.0766. The number of carbonyl (C=O) groups is 2. The van der Waals surface area contributed by atoms with Crippen LogP contribution in [0.4, 0.5) is 0 Å². The van der Waals surface area contributed by atoms with Crippen LogP contribution in [0.25, 0.3) is 11.1 Å². The second-order valence-corrected chi connectivity index (χ2v) is 12.9. The Morgan fingerprint density at radius 3 is 1.26 bits per heavy atom. The van der Waals surface area contributed by atoms with E-state index in [0.29, 0.717) is 52.7 Å². The van der Waals surface area contributed by atoms with Gasteiger partial charge in [0.2, 0.25) is 11.8 Å². The molecule has 0 aromatic heterocycles. The molecule has 0 spiro atoms. The lowest BCUT2D eigenvalue weighted by Gasteiger charge is -2.30. The number of carbonyl (C=O) groups excluding carboxylic acids is 2. The highest BCUT2D eigenvalue weighted by Gasteiger charge is 2.17. The molecule has 46 heavy (non-hydrogen) atoms. The zero-order chi connectivity index (χ0) is 33.7. The van der Waals surface area contributed by atoms with E-state index in [4.69, 9.17) is 18.9 Å². The van der Waals surface area contributed by atoms with Crippen LogP contribution < -0.4 is 10.6 Å². The van der Waals surface area contributed by atoms with Crippen molar-refractivity contribution in [2.45, 2.75) is 39.8 Å². The van der Waals surface area contributed by atoms with E-state index in [9.17, 15) is 9.59 Å². The van der Waals surface area contributed by atoms with Gasteiger partial charge in [-0.15, -0.1) is 0 Å². The summed E-state index contributed by atoms with van der Waals surface area (Å²) >= 11 is 0. The molecule has 0 unspecified atom stereocenters. The summed E-state index contributed by atoms with van der Waals surface area (Å²) in [4.78, 5) is 23.9. The van der Waals surface area contributed by atoms with Gasteiger partial charge in [0.15, 0.2) is 0 Å². The zero-order valence-electron chi connectivity index (χ0n) is 29.3. The van der Waals surface area contributed by atoms with Gasteiger partial charge in [-0.05, 0) is 25.0 Å². The highest BCUT2D eigenvalue weighted by atomic mass is 16.5. The molecule has 0 radical (unpaired) electrons. The summed E-state index contributed by atoms with van der Waals surface area (Å²) in [5.41, 5.74) is 5.00. The molecule has 0 heterocycles. The Hall–Kier alpha value is -2.86. The third-order valence-electron chi connectivity index (χ3n) is 7.61. The number of nitrogens with one attached hydrogen (secondary N) is 2. The standard InChI is InChI=1S/C36H58N4O6/c1-7-43-23-25-45-29-35(41)37-19-9-21-39(3,4)27-31-11-15-33(16-12-31)34-17-13-32(14-18-34)28-40(5,6)22-10-20-38-36(42)30-46-26-24-44-8-2/h11-18H,7-10,19-30H2,1-6H3/p+2. The summed E-state index contributed by atoms with van der Waals surface area (Å²) in [6.07, 6.45) is 1.80. The number of hydrogen-bond acceptors (Lipinski definition) is 6. The van der Waals surface area contributed by atoms with Gasteiger partial charge in [-0.1, -0.05) is 48.5 Å². The maximum atomic E-state index is 11.9. The summed E-state index contributed by atoms with van der Waals surface area (Å²) in [6.45, 7) is 12.3. The number of nitrogens with zero attached hydrogens (tertiary/aromatic N) is 2. The van der Waals surface area contributed by atoms with Crippen molar-refractivity contribution < 1.29 is 37.5 Å². The average molecular weight is 645 g/mol. The Balaban J connectivity index is 1.70. The molecule has 2 aromatic carbocycles. The van der Waals surface area contributed by atoms with Crippen LogP contribution in [-0.4, -0.2) is 128 Å². The summed E-state index contributed by atoms with van der Waals surface area (Å²) in [5, 5.41) is 5.88. The molecule has 0 saturated carbocycles. The molecule has 10 nitrogen and oxygen atoms in total. The van der Waals surface area contributed by atoms with Gasteiger partial charge >= 0.3 is 0 Å². The molecule has 0 atom stereocenters. The molecule has 2 N–H and O–H groups in total. The Kier molecular flexibility index (Phi) is 18.7. The molecule has 2 amide bonds. The fourth-order valence-electron chi connectivity index (χ4n) is 5.18. The third-order valence-corrected chi connectivity index (χ3v) is 7.61. The second kappa shape index (κ2) is 21.8. The van der Waals surface area contributed by atoms with E-state index in [-0.39, 0.29) is 25.0 Å². The summed E-state index contributed by atoms with van der Waals surface area (Å²) in [5.74, 6) is -0.163. The third kappa shape index (κ3) is 17.7. The Morgan fingerprint density at radius 1 is 0.565 bits per heavy atom. The van der Waals surface area contributed by atoms with Crippen molar-refractivity contribution in [3.8, 4) is 11.1 Å². The first-order chi connectivity index (χ1) is 22.0. The normalized spacial score (nSPS) is 11.9. The summed E-state index contributed by atoms with van der Waals surface area (Å²) in [6, 6.07) is 17.7. The first kappa shape index (κ1) is 39.3. The second-order valence-electron chi connectivity index (χ2n) is 12.9. The summed E-state index contributed by atoms with van der Waals surface area (Å²) in [7, 11) is 8.90. The number of amides is 2. The lowest BCUT2D eigenvalue weighted by Crippen LogP contribution is -2.41. The monoisotopic (exact) mass is 644 g/mol. The summed E-state index contributed by atoms with van der Waals surface area (Å²) < 4.78 is 22.7. The largest absolute Gasteiger partial charge is 0.379 e. The van der Waals surface area contributed by atoms with E-state index in [1.54, 1.807) is 0 Å². The van der Waals surface area contributed by atoms with Gasteiger partial charge in [-0.3, -0.25) is 9.59 Å². The molecular weight excluding hydrogens is 584 g/mol. The van der Waals surface area contributed by atoms with Crippen molar-refractivity contribution in [2.24, 2.45) is 0 Å². The molecule has 0 fully saturated rings. The quantitative estimate of drug-likeness (QED) is 0.127. The number of ether oxygens (including phenoxy) is 4. The maximum absolute atomic E-state index is 11.9. The molecule has 0 saturated heterocycles. The molecule has 0 bridgehead atoms. The molecule has 10 heteroatoms. The van der Waals surface area contributed by atoms with E-state index in [0.717, 1.165) is 48.0 Å². The Labute approximate surface area is 277 Å². The van der Waals surface area contributed by atoms with Crippen molar-refractivity contribution in [1.82, 2.24) is 10.6 Å². The van der Waals surface area contributed by atoms with Gasteiger partial charge in [-0.25, -0.2) is 0 Å². The predicted molar refractivity (Wildman–Crippen MR) is 183 cm³/mol. The topological polar surface area (TPSA) is 95.1 Å². The van der Waals surface area contributed by atoms with Crippen LogP contribution >= 0.6 is 0 Å². The minimum atomic E-state index is -0.0814. The van der Waals surface area contributed by atoms with Gasteiger partial charge in [-0.2, -0.15) is 0 Å². The van der Waals surface area contributed by atoms with E-state index < -0.39 is 0 Å². The van der Waals surface area contributed by atoms with Gasteiger partial charge in [0.05, 0.1) is 67.7 Å². The molecule has 258 valence electrons. The minimum Gasteiger partial charge on any atom is -0.379 e. The molecular formula is C36H60N4O6+2. The molecule has 2 aromatic rings. The van der Waals surface area contributed by atoms with Gasteiger partial charge < -0.3 is 38.5 Å². The SMILES string of the molecule is CCOCCOCC(=O)NCCC[N+](C)(C)Cc1ccc(-c2ccc(C[N+](C)(C)CCCNC(=O)COCCOCC)cc2)cc1. The lowest BCUT2D eigenvalue weighted by atomic mass is 10.0. The van der Waals surface area contributed by atoms with E-state index >= 15 is 0 Å². The van der Waals surface area contributed by atoms with Crippen LogP contribution in [0, 0.1) is 0 Å². The fourth-order valence-corrected chi connectivity index (χ4v) is 5.18.